The van der Waals surface area contributed by atoms with Gasteiger partial charge in [-0.3, -0.25) is 4.79 Å². The van der Waals surface area contributed by atoms with Gasteiger partial charge in [-0.25, -0.2) is 4.79 Å². The van der Waals surface area contributed by atoms with Gasteiger partial charge < -0.3 is 19.7 Å². The Bertz CT molecular complexity index is 578. The summed E-state index contributed by atoms with van der Waals surface area (Å²) in [6.07, 6.45) is 7.91. The number of carbonyl (C=O) groups excluding carboxylic acids is 2. The molecule has 170 valence electrons. The molecule has 0 heterocycles. The Morgan fingerprint density at radius 1 is 1.00 bits per heavy atom. The molecule has 30 heavy (non-hydrogen) atoms. The van der Waals surface area contributed by atoms with Crippen molar-refractivity contribution in [1.82, 2.24) is 10.2 Å². The first kappa shape index (κ1) is 26.0. The fraction of sp³-hybridized carbons (Fsp3) is 0.667. The first-order valence-electron chi connectivity index (χ1n) is 11.3. The lowest BCUT2D eigenvalue weighted by molar-refractivity contribution is -0.145. The lowest BCUT2D eigenvalue weighted by atomic mass is 10.0. The number of hydrogen-bond acceptors (Lipinski definition) is 5. The zero-order valence-corrected chi connectivity index (χ0v) is 19.0. The molecule has 0 spiro atoms. The summed E-state index contributed by atoms with van der Waals surface area (Å²) in [7, 11) is 3.91. The highest BCUT2D eigenvalue weighted by atomic mass is 16.6. The van der Waals surface area contributed by atoms with Crippen LogP contribution in [0, 0.1) is 0 Å². The van der Waals surface area contributed by atoms with Gasteiger partial charge in [0, 0.05) is 19.5 Å². The number of unbranched alkanes of at least 4 members (excludes halogenated alkanes) is 5. The third-order valence-corrected chi connectivity index (χ3v) is 4.89. The number of nitrogens with zero attached hydrogens (tertiary/aromatic N) is 1. The molecule has 0 aliphatic heterocycles. The summed E-state index contributed by atoms with van der Waals surface area (Å²) in [5, 5.41) is 2.78. The molecule has 1 aromatic rings. The van der Waals surface area contributed by atoms with Crippen molar-refractivity contribution in [2.75, 3.05) is 27.2 Å². The van der Waals surface area contributed by atoms with Gasteiger partial charge in [-0.15, -0.1) is 0 Å². The number of carbonyl (C=O) groups is 2. The van der Waals surface area contributed by atoms with Gasteiger partial charge >= 0.3 is 12.1 Å². The van der Waals surface area contributed by atoms with E-state index in [0.29, 0.717) is 13.0 Å². The van der Waals surface area contributed by atoms with Crippen molar-refractivity contribution in [3.63, 3.8) is 0 Å². The van der Waals surface area contributed by atoms with Gasteiger partial charge in [0.15, 0.2) is 0 Å². The quantitative estimate of drug-likeness (QED) is 0.304. The molecule has 1 atom stereocenters. The molecule has 6 nitrogen and oxygen atoms in total. The van der Waals surface area contributed by atoms with Crippen LogP contribution in [0.2, 0.25) is 0 Å². The van der Waals surface area contributed by atoms with Crippen LogP contribution in [0.5, 0.6) is 0 Å². The summed E-state index contributed by atoms with van der Waals surface area (Å²) in [4.78, 5) is 26.2. The Hall–Kier alpha value is -2.08. The van der Waals surface area contributed by atoms with E-state index >= 15 is 0 Å². The molecule has 0 aliphatic rings. The van der Waals surface area contributed by atoms with Gasteiger partial charge in [-0.2, -0.15) is 0 Å². The third-order valence-electron chi connectivity index (χ3n) is 4.89. The van der Waals surface area contributed by atoms with Gasteiger partial charge in [0.2, 0.25) is 0 Å². The fourth-order valence-electron chi connectivity index (χ4n) is 3.08. The summed E-state index contributed by atoms with van der Waals surface area (Å²) in [6, 6.07) is 9.62. The highest BCUT2D eigenvalue weighted by Gasteiger charge is 2.17. The average molecular weight is 421 g/mol. The number of benzene rings is 1. The predicted octanol–water partition coefficient (Wildman–Crippen LogP) is 4.92. The Kier molecular flexibility index (Phi) is 14.4. The van der Waals surface area contributed by atoms with Crippen LogP contribution in [0.15, 0.2) is 30.3 Å². The molecular formula is C24H40N2O4. The number of esters is 1. The minimum absolute atomic E-state index is 0.248. The van der Waals surface area contributed by atoms with E-state index in [1.54, 1.807) is 0 Å². The van der Waals surface area contributed by atoms with Crippen LogP contribution in [0.4, 0.5) is 4.79 Å². The second-order valence-corrected chi connectivity index (χ2v) is 8.00. The molecule has 1 N–H and O–H groups in total. The number of rotatable bonds is 16. The van der Waals surface area contributed by atoms with E-state index in [9.17, 15) is 9.59 Å². The van der Waals surface area contributed by atoms with Crippen LogP contribution in [0.1, 0.15) is 70.3 Å². The summed E-state index contributed by atoms with van der Waals surface area (Å²) in [5.74, 6) is -0.261. The fourth-order valence-corrected chi connectivity index (χ4v) is 3.08. The summed E-state index contributed by atoms with van der Waals surface area (Å²) in [6.45, 7) is 3.76. The monoisotopic (exact) mass is 420 g/mol. The number of alkyl carbamates (subject to hydrolysis) is 1. The minimum Gasteiger partial charge on any atom is -0.461 e. The Morgan fingerprint density at radius 3 is 2.40 bits per heavy atom. The highest BCUT2D eigenvalue weighted by Crippen LogP contribution is 2.15. The van der Waals surface area contributed by atoms with Crippen molar-refractivity contribution in [3.05, 3.63) is 35.9 Å². The predicted molar refractivity (Wildman–Crippen MR) is 120 cm³/mol. The van der Waals surface area contributed by atoms with Gasteiger partial charge in [0.25, 0.3) is 0 Å². The lowest BCUT2D eigenvalue weighted by Gasteiger charge is -2.19. The second kappa shape index (κ2) is 16.7. The molecule has 1 amide bonds. The standard InChI is InChI=1S/C24H40N2O4/c1-4-5-6-7-8-12-15-22(30-24(28)25-18-19-26(2)3)16-17-23(27)29-20-21-13-10-9-11-14-21/h9-11,13-14,22H,4-8,12,15-20H2,1-3H3,(H,25,28). The van der Waals surface area contributed by atoms with Crippen molar-refractivity contribution >= 4 is 12.1 Å². The summed E-state index contributed by atoms with van der Waals surface area (Å²) in [5.41, 5.74) is 0.964. The van der Waals surface area contributed by atoms with E-state index in [-0.39, 0.29) is 25.1 Å². The Morgan fingerprint density at radius 2 is 1.70 bits per heavy atom. The lowest BCUT2D eigenvalue weighted by Crippen LogP contribution is -2.34. The molecule has 0 aliphatic carbocycles. The van der Waals surface area contributed by atoms with E-state index in [1.807, 2.05) is 49.3 Å². The molecule has 1 aromatic carbocycles. The second-order valence-electron chi connectivity index (χ2n) is 8.00. The zero-order valence-electron chi connectivity index (χ0n) is 19.0. The largest absolute Gasteiger partial charge is 0.461 e. The van der Waals surface area contributed by atoms with Crippen molar-refractivity contribution in [2.45, 2.75) is 77.4 Å². The van der Waals surface area contributed by atoms with Crippen molar-refractivity contribution < 1.29 is 19.1 Å². The van der Waals surface area contributed by atoms with Crippen LogP contribution < -0.4 is 5.32 Å². The van der Waals surface area contributed by atoms with Crippen molar-refractivity contribution in [3.8, 4) is 0 Å². The maximum absolute atomic E-state index is 12.1. The zero-order chi connectivity index (χ0) is 22.0. The highest BCUT2D eigenvalue weighted by molar-refractivity contribution is 5.70. The van der Waals surface area contributed by atoms with E-state index in [1.165, 1.54) is 25.7 Å². The molecule has 1 rings (SSSR count). The average Bonchev–Trinajstić information content (AvgIpc) is 2.73. The van der Waals surface area contributed by atoms with Crippen molar-refractivity contribution in [2.24, 2.45) is 0 Å². The molecule has 1 unspecified atom stereocenters. The Balaban J connectivity index is 2.38. The first-order chi connectivity index (χ1) is 14.5. The van der Waals surface area contributed by atoms with Gasteiger partial charge in [-0.1, -0.05) is 69.4 Å². The number of amides is 1. The maximum Gasteiger partial charge on any atom is 0.407 e. The topological polar surface area (TPSA) is 67.9 Å². The molecule has 6 heteroatoms. The van der Waals surface area contributed by atoms with E-state index < -0.39 is 6.09 Å². The number of nitrogens with one attached hydrogen (secondary N) is 1. The maximum atomic E-state index is 12.1. The summed E-state index contributed by atoms with van der Waals surface area (Å²) < 4.78 is 10.9. The van der Waals surface area contributed by atoms with E-state index in [2.05, 4.69) is 12.2 Å². The number of likely N-dealkylation sites (N-methyl/N-ethyl adjacent to an activating group) is 1. The Labute approximate surface area is 182 Å². The van der Waals surface area contributed by atoms with Gasteiger partial charge in [0.1, 0.15) is 12.7 Å². The summed E-state index contributed by atoms with van der Waals surface area (Å²) >= 11 is 0. The molecule has 0 fully saturated rings. The normalized spacial score (nSPS) is 11.9. The smallest absolute Gasteiger partial charge is 0.407 e. The van der Waals surface area contributed by atoms with Crippen LogP contribution >= 0.6 is 0 Å². The van der Waals surface area contributed by atoms with Crippen LogP contribution in [0.3, 0.4) is 0 Å². The first-order valence-corrected chi connectivity index (χ1v) is 11.3. The van der Waals surface area contributed by atoms with Crippen LogP contribution in [0.25, 0.3) is 0 Å². The SMILES string of the molecule is CCCCCCCCC(CCC(=O)OCc1ccccc1)OC(=O)NCCN(C)C. The molecule has 0 saturated carbocycles. The molecule has 0 saturated heterocycles. The molecule has 0 bridgehead atoms. The van der Waals surface area contributed by atoms with Crippen LogP contribution in [-0.2, 0) is 20.9 Å². The van der Waals surface area contributed by atoms with Crippen LogP contribution in [-0.4, -0.2) is 50.3 Å². The number of hydrogen-bond donors (Lipinski definition) is 1. The van der Waals surface area contributed by atoms with Crippen molar-refractivity contribution in [1.29, 1.82) is 0 Å². The number of ether oxygens (including phenoxy) is 2. The van der Waals surface area contributed by atoms with Gasteiger partial charge in [-0.05, 0) is 38.9 Å². The third kappa shape index (κ3) is 14.0. The van der Waals surface area contributed by atoms with E-state index in [4.69, 9.17) is 9.47 Å². The minimum atomic E-state index is -0.412. The molecule has 0 aromatic heterocycles. The molecular weight excluding hydrogens is 380 g/mol. The van der Waals surface area contributed by atoms with E-state index in [0.717, 1.165) is 31.4 Å². The molecule has 0 radical (unpaired) electrons. The van der Waals surface area contributed by atoms with Gasteiger partial charge in [0.05, 0.1) is 0 Å².